The lowest BCUT2D eigenvalue weighted by atomic mass is 9.85. The number of likely N-dealkylation sites (tertiary alicyclic amines) is 1. The van der Waals surface area contributed by atoms with E-state index in [-0.39, 0.29) is 0 Å². The lowest BCUT2D eigenvalue weighted by molar-refractivity contribution is 0.0608. The molecule has 5 unspecified atom stereocenters. The van der Waals surface area contributed by atoms with Crippen LogP contribution in [0.1, 0.15) is 151 Å². The van der Waals surface area contributed by atoms with Gasteiger partial charge < -0.3 is 14.4 Å². The Morgan fingerprint density at radius 1 is 0.634 bits per heavy atom. The van der Waals surface area contributed by atoms with E-state index in [4.69, 9.17) is 9.47 Å². The quantitative estimate of drug-likeness (QED) is 0.311. The molecular weight excluding hydrogens is 502 g/mol. The van der Waals surface area contributed by atoms with Crippen LogP contribution in [-0.2, 0) is 9.47 Å². The highest BCUT2D eigenvalue weighted by Gasteiger charge is 2.20. The third-order valence-electron chi connectivity index (χ3n) is 9.84. The van der Waals surface area contributed by atoms with Crippen molar-refractivity contribution in [2.45, 2.75) is 157 Å². The minimum atomic E-state index is 0.694. The van der Waals surface area contributed by atoms with Gasteiger partial charge in [0.25, 0.3) is 0 Å². The van der Waals surface area contributed by atoms with Crippen LogP contribution in [0.25, 0.3) is 0 Å². The molecule has 0 N–H and O–H groups in total. The number of ether oxygens (including phenoxy) is 2. The molecule has 2 saturated carbocycles. The Bertz CT molecular complexity index is 543. The van der Waals surface area contributed by atoms with Crippen molar-refractivity contribution < 1.29 is 9.47 Å². The van der Waals surface area contributed by atoms with Crippen molar-refractivity contribution in [3.8, 4) is 0 Å². The maximum atomic E-state index is 5.50. The maximum Gasteiger partial charge on any atom is 0.0621 e. The fourth-order valence-corrected chi connectivity index (χ4v) is 6.90. The van der Waals surface area contributed by atoms with Gasteiger partial charge in [-0.05, 0) is 94.5 Å². The molecule has 2 aliphatic heterocycles. The molecule has 0 aromatic heterocycles. The molecule has 4 fully saturated rings. The number of likely N-dealkylation sites (N-methyl/N-ethyl adjacent to an activating group) is 1. The second-order valence-corrected chi connectivity index (χ2v) is 15.0. The minimum Gasteiger partial charge on any atom is -0.381 e. The topological polar surface area (TPSA) is 21.7 Å². The molecular formula is C38H75NO2. The number of nitrogens with zero attached hydrogens (tertiary/aromatic N) is 1. The van der Waals surface area contributed by atoms with E-state index in [9.17, 15) is 0 Å². The van der Waals surface area contributed by atoms with Gasteiger partial charge in [0.1, 0.15) is 0 Å². The fourth-order valence-electron chi connectivity index (χ4n) is 6.90. The summed E-state index contributed by atoms with van der Waals surface area (Å²) in [5.74, 6) is 5.35. The van der Waals surface area contributed by atoms with Gasteiger partial charge in [-0.3, -0.25) is 0 Å². The number of hydrogen-bond acceptors (Lipinski definition) is 3. The first-order chi connectivity index (χ1) is 19.6. The summed E-state index contributed by atoms with van der Waals surface area (Å²) in [7, 11) is 2.18. The molecule has 0 radical (unpaired) electrons. The Labute approximate surface area is 259 Å². The standard InChI is InChI=1S/C11H20.C10H20.C9H18O.C8H17NO/c1-9-5-4-6-10(2)8-11(3)7-9;1-9-5-3-7-10(2)8-4-6-9;1-8-4-3-5-9(2)7-10-6-8;1-3-10-7-8-5-4-6-9(8)2/h9-10H,3-8H2,1-2H3;9-10H,3-8H2,1-2H3;8-9H,3-7H2,1-2H3;8H,3-7H2,1-2H3. The summed E-state index contributed by atoms with van der Waals surface area (Å²) >= 11 is 0. The number of allylic oxidation sites excluding steroid dienone is 1. The van der Waals surface area contributed by atoms with Crippen molar-refractivity contribution in [2.24, 2.45) is 35.5 Å². The van der Waals surface area contributed by atoms with E-state index in [1.165, 1.54) is 115 Å². The van der Waals surface area contributed by atoms with Gasteiger partial charge in [-0.1, -0.05) is 118 Å². The van der Waals surface area contributed by atoms with Crippen molar-refractivity contribution in [3.05, 3.63) is 12.2 Å². The third-order valence-corrected chi connectivity index (χ3v) is 9.84. The molecule has 4 rings (SSSR count). The van der Waals surface area contributed by atoms with E-state index < -0.39 is 0 Å². The molecule has 0 amide bonds. The lowest BCUT2D eigenvalue weighted by Gasteiger charge is -2.21. The molecule has 2 saturated heterocycles. The molecule has 5 atom stereocenters. The predicted molar refractivity (Wildman–Crippen MR) is 182 cm³/mol. The van der Waals surface area contributed by atoms with E-state index in [0.29, 0.717) is 6.04 Å². The zero-order valence-electron chi connectivity index (χ0n) is 29.4. The number of rotatable bonds is 3. The van der Waals surface area contributed by atoms with Crippen LogP contribution in [0.2, 0.25) is 0 Å². The summed E-state index contributed by atoms with van der Waals surface area (Å²) in [4.78, 5) is 2.38. The average Bonchev–Trinajstić information content (AvgIpc) is 3.30. The molecule has 3 heteroatoms. The zero-order chi connectivity index (χ0) is 30.5. The first-order valence-corrected chi connectivity index (χ1v) is 18.1. The van der Waals surface area contributed by atoms with Crippen LogP contribution >= 0.6 is 0 Å². The van der Waals surface area contributed by atoms with E-state index in [2.05, 4.69) is 67.0 Å². The molecule has 3 nitrogen and oxygen atoms in total. The van der Waals surface area contributed by atoms with E-state index in [1.54, 1.807) is 0 Å². The summed E-state index contributed by atoms with van der Waals surface area (Å²) in [6, 6.07) is 0.694. The predicted octanol–water partition coefficient (Wildman–Crippen LogP) is 11.0. The van der Waals surface area contributed by atoms with Gasteiger partial charge in [0.2, 0.25) is 0 Å². The zero-order valence-corrected chi connectivity index (χ0v) is 29.4. The molecule has 2 heterocycles. The Kier molecular flexibility index (Phi) is 22.6. The Morgan fingerprint density at radius 2 is 1.05 bits per heavy atom. The van der Waals surface area contributed by atoms with Crippen LogP contribution in [0, 0.1) is 35.5 Å². The van der Waals surface area contributed by atoms with Gasteiger partial charge in [-0.25, -0.2) is 0 Å². The monoisotopic (exact) mass is 578 g/mol. The highest BCUT2D eigenvalue weighted by Crippen LogP contribution is 2.28. The maximum absolute atomic E-state index is 5.50. The first kappa shape index (κ1) is 38.6. The summed E-state index contributed by atoms with van der Waals surface area (Å²) < 4.78 is 10.8. The summed E-state index contributed by atoms with van der Waals surface area (Å²) in [5.41, 5.74) is 1.48. The summed E-state index contributed by atoms with van der Waals surface area (Å²) in [5, 5.41) is 0. The molecule has 2 aliphatic carbocycles. The van der Waals surface area contributed by atoms with Crippen LogP contribution in [-0.4, -0.2) is 51.0 Å². The van der Waals surface area contributed by atoms with Crippen LogP contribution in [0.15, 0.2) is 12.2 Å². The average molecular weight is 578 g/mol. The fraction of sp³-hybridized carbons (Fsp3) is 0.947. The molecule has 4 aliphatic rings. The Balaban J connectivity index is 0.000000274. The minimum absolute atomic E-state index is 0.694. The normalized spacial score (nSPS) is 33.9. The highest BCUT2D eigenvalue weighted by molar-refractivity contribution is 4.97. The van der Waals surface area contributed by atoms with Crippen LogP contribution in [0.4, 0.5) is 0 Å². The molecule has 0 bridgehead atoms. The van der Waals surface area contributed by atoms with Gasteiger partial charge in [-0.15, -0.1) is 0 Å². The number of hydrogen-bond donors (Lipinski definition) is 0. The first-order valence-electron chi connectivity index (χ1n) is 18.1. The van der Waals surface area contributed by atoms with E-state index >= 15 is 0 Å². The van der Waals surface area contributed by atoms with Crippen molar-refractivity contribution in [3.63, 3.8) is 0 Å². The largest absolute Gasteiger partial charge is 0.381 e. The van der Waals surface area contributed by atoms with Crippen molar-refractivity contribution in [1.29, 1.82) is 0 Å². The second-order valence-electron chi connectivity index (χ2n) is 15.0. The lowest BCUT2D eigenvalue weighted by Crippen LogP contribution is -2.29. The van der Waals surface area contributed by atoms with E-state index in [1.807, 2.05) is 0 Å². The Hall–Kier alpha value is -0.380. The van der Waals surface area contributed by atoms with Gasteiger partial charge in [0.15, 0.2) is 0 Å². The van der Waals surface area contributed by atoms with Gasteiger partial charge >= 0.3 is 0 Å². The van der Waals surface area contributed by atoms with Crippen molar-refractivity contribution in [2.75, 3.05) is 40.0 Å². The van der Waals surface area contributed by atoms with Gasteiger partial charge in [0, 0.05) is 25.9 Å². The third kappa shape index (κ3) is 21.0. The van der Waals surface area contributed by atoms with Crippen molar-refractivity contribution in [1.82, 2.24) is 4.90 Å². The molecule has 0 aromatic carbocycles. The molecule has 41 heavy (non-hydrogen) atoms. The highest BCUT2D eigenvalue weighted by atomic mass is 16.5. The van der Waals surface area contributed by atoms with Crippen LogP contribution in [0.3, 0.4) is 0 Å². The molecule has 244 valence electrons. The molecule has 0 spiro atoms. The smallest absolute Gasteiger partial charge is 0.0621 e. The van der Waals surface area contributed by atoms with E-state index in [0.717, 1.165) is 61.9 Å². The van der Waals surface area contributed by atoms with Crippen molar-refractivity contribution >= 4 is 0 Å². The van der Waals surface area contributed by atoms with Crippen LogP contribution < -0.4 is 0 Å². The summed E-state index contributed by atoms with van der Waals surface area (Å²) in [6.07, 6.45) is 22.4. The van der Waals surface area contributed by atoms with Gasteiger partial charge in [0.05, 0.1) is 6.61 Å². The van der Waals surface area contributed by atoms with Gasteiger partial charge in [-0.2, -0.15) is 0 Å². The Morgan fingerprint density at radius 3 is 1.44 bits per heavy atom. The SMILES string of the molecule is C=C1CC(C)CCCC(C)C1.CC1CCCC(C)CCC1.CC1CCCC(C)COC1.CCOCC1CCCN1C. The summed E-state index contributed by atoms with van der Waals surface area (Å²) in [6.45, 7) is 25.2. The van der Waals surface area contributed by atoms with Crippen LogP contribution in [0.5, 0.6) is 0 Å². The molecule has 0 aromatic rings. The second kappa shape index (κ2) is 24.0.